The Morgan fingerprint density at radius 1 is 1.19 bits per heavy atom. The number of rotatable bonds is 9. The summed E-state index contributed by atoms with van der Waals surface area (Å²) in [6.45, 7) is 7.72. The monoisotopic (exact) mass is 373 g/mol. The maximum absolute atomic E-state index is 4.36. The van der Waals surface area contributed by atoms with Gasteiger partial charge in [0.05, 0.1) is 0 Å². The molecule has 2 rings (SSSR count). The van der Waals surface area contributed by atoms with Gasteiger partial charge in [0, 0.05) is 32.7 Å². The molecule has 1 aliphatic rings. The molecule has 5 heteroatoms. The van der Waals surface area contributed by atoms with Crippen molar-refractivity contribution in [1.82, 2.24) is 20.4 Å². The lowest BCUT2D eigenvalue weighted by atomic mass is 9.94. The average Bonchev–Trinajstić information content (AvgIpc) is 2.68. The van der Waals surface area contributed by atoms with Crippen molar-refractivity contribution in [2.24, 2.45) is 10.9 Å². The third-order valence-corrected chi connectivity index (χ3v) is 5.79. The average molecular weight is 374 g/mol. The molecule has 0 bridgehead atoms. The fourth-order valence-electron chi connectivity index (χ4n) is 3.61. The first kappa shape index (κ1) is 21.7. The molecule has 152 valence electrons. The van der Waals surface area contributed by atoms with E-state index >= 15 is 0 Å². The van der Waals surface area contributed by atoms with Crippen molar-refractivity contribution in [3.05, 3.63) is 35.9 Å². The first-order valence-corrected chi connectivity index (χ1v) is 10.5. The lowest BCUT2D eigenvalue weighted by Crippen LogP contribution is -2.41. The van der Waals surface area contributed by atoms with Crippen LogP contribution < -0.4 is 10.6 Å². The van der Waals surface area contributed by atoms with Crippen LogP contribution in [0.1, 0.15) is 38.2 Å². The van der Waals surface area contributed by atoms with Crippen LogP contribution in [0.5, 0.6) is 0 Å². The van der Waals surface area contributed by atoms with Gasteiger partial charge in [-0.25, -0.2) is 0 Å². The van der Waals surface area contributed by atoms with E-state index in [1.165, 1.54) is 37.9 Å². The van der Waals surface area contributed by atoms with Gasteiger partial charge < -0.3 is 15.5 Å². The molecule has 0 amide bonds. The summed E-state index contributed by atoms with van der Waals surface area (Å²) in [5.74, 6) is 1.79. The Bertz CT molecular complexity index is 537. The van der Waals surface area contributed by atoms with Crippen LogP contribution in [0.15, 0.2) is 35.3 Å². The Morgan fingerprint density at radius 3 is 2.52 bits per heavy atom. The van der Waals surface area contributed by atoms with E-state index in [0.29, 0.717) is 6.04 Å². The second-order valence-electron chi connectivity index (χ2n) is 8.00. The molecule has 27 heavy (non-hydrogen) atoms. The van der Waals surface area contributed by atoms with Crippen LogP contribution in [0, 0.1) is 5.92 Å². The highest BCUT2D eigenvalue weighted by atomic mass is 15.2. The first-order valence-electron chi connectivity index (χ1n) is 10.5. The minimum absolute atomic E-state index is 0.523. The second-order valence-corrected chi connectivity index (χ2v) is 8.00. The molecule has 1 unspecified atom stereocenters. The maximum Gasteiger partial charge on any atom is 0.190 e. The Balaban J connectivity index is 1.59. The Hall–Kier alpha value is -1.59. The van der Waals surface area contributed by atoms with Crippen molar-refractivity contribution in [3.63, 3.8) is 0 Å². The molecule has 1 aliphatic heterocycles. The number of benzene rings is 1. The van der Waals surface area contributed by atoms with Crippen LogP contribution in [0.4, 0.5) is 0 Å². The lowest BCUT2D eigenvalue weighted by Gasteiger charge is -2.29. The molecule has 1 aromatic carbocycles. The number of aliphatic imine (C=N–C) groups is 1. The van der Waals surface area contributed by atoms with E-state index < -0.39 is 0 Å². The van der Waals surface area contributed by atoms with Crippen LogP contribution in [-0.4, -0.2) is 69.1 Å². The van der Waals surface area contributed by atoms with Crippen molar-refractivity contribution in [2.75, 3.05) is 47.3 Å². The van der Waals surface area contributed by atoms with E-state index in [0.717, 1.165) is 37.9 Å². The summed E-state index contributed by atoms with van der Waals surface area (Å²) < 4.78 is 0. The second kappa shape index (κ2) is 12.0. The van der Waals surface area contributed by atoms with Crippen LogP contribution >= 0.6 is 0 Å². The number of nitrogens with zero attached hydrogens (tertiary/aromatic N) is 3. The predicted molar refractivity (Wildman–Crippen MR) is 116 cm³/mol. The minimum atomic E-state index is 0.523. The quantitative estimate of drug-likeness (QED) is 0.516. The van der Waals surface area contributed by atoms with Gasteiger partial charge >= 0.3 is 0 Å². The summed E-state index contributed by atoms with van der Waals surface area (Å²) in [6, 6.07) is 11.2. The zero-order chi connectivity index (χ0) is 19.5. The zero-order valence-electron chi connectivity index (χ0n) is 17.7. The molecule has 1 atom stereocenters. The Labute approximate surface area is 166 Å². The summed E-state index contributed by atoms with van der Waals surface area (Å²) >= 11 is 0. The highest BCUT2D eigenvalue weighted by Crippen LogP contribution is 2.18. The van der Waals surface area contributed by atoms with Gasteiger partial charge in [0.15, 0.2) is 5.96 Å². The minimum Gasteiger partial charge on any atom is -0.356 e. The van der Waals surface area contributed by atoms with E-state index in [9.17, 15) is 0 Å². The van der Waals surface area contributed by atoms with Gasteiger partial charge in [-0.2, -0.15) is 0 Å². The number of hydrogen-bond acceptors (Lipinski definition) is 3. The van der Waals surface area contributed by atoms with Crippen molar-refractivity contribution in [3.8, 4) is 0 Å². The molecule has 0 aromatic heterocycles. The van der Waals surface area contributed by atoms with Gasteiger partial charge in [-0.05, 0) is 71.3 Å². The maximum atomic E-state index is 4.36. The van der Waals surface area contributed by atoms with Crippen molar-refractivity contribution >= 4 is 5.96 Å². The van der Waals surface area contributed by atoms with E-state index in [-0.39, 0.29) is 0 Å². The highest BCUT2D eigenvalue weighted by Gasteiger charge is 2.16. The van der Waals surface area contributed by atoms with Crippen molar-refractivity contribution in [1.29, 1.82) is 0 Å². The van der Waals surface area contributed by atoms with E-state index in [1.807, 2.05) is 7.05 Å². The molecule has 0 spiro atoms. The number of piperidine rings is 1. The van der Waals surface area contributed by atoms with Crippen LogP contribution in [0.2, 0.25) is 0 Å². The zero-order valence-corrected chi connectivity index (χ0v) is 17.7. The van der Waals surface area contributed by atoms with Crippen LogP contribution in [-0.2, 0) is 6.54 Å². The molecule has 1 fully saturated rings. The third-order valence-electron chi connectivity index (χ3n) is 5.79. The molecule has 1 heterocycles. The summed E-state index contributed by atoms with van der Waals surface area (Å²) in [6.07, 6.45) is 4.99. The van der Waals surface area contributed by atoms with Gasteiger partial charge in [0.1, 0.15) is 0 Å². The summed E-state index contributed by atoms with van der Waals surface area (Å²) in [7, 11) is 6.28. The molecule has 0 radical (unpaired) electrons. The predicted octanol–water partition coefficient (Wildman–Crippen LogP) is 2.79. The fourth-order valence-corrected chi connectivity index (χ4v) is 3.61. The molecular weight excluding hydrogens is 334 g/mol. The van der Waals surface area contributed by atoms with Gasteiger partial charge in [0.25, 0.3) is 0 Å². The fraction of sp³-hybridized carbons (Fsp3) is 0.682. The molecule has 1 saturated heterocycles. The summed E-state index contributed by atoms with van der Waals surface area (Å²) in [5.41, 5.74) is 1.37. The molecule has 1 aromatic rings. The highest BCUT2D eigenvalue weighted by molar-refractivity contribution is 5.79. The van der Waals surface area contributed by atoms with Gasteiger partial charge in [-0.15, -0.1) is 0 Å². The third kappa shape index (κ3) is 8.31. The molecular formula is C22H39N5. The van der Waals surface area contributed by atoms with E-state index in [4.69, 9.17) is 0 Å². The van der Waals surface area contributed by atoms with Crippen molar-refractivity contribution < 1.29 is 0 Å². The molecule has 2 N–H and O–H groups in total. The number of hydrogen-bond donors (Lipinski definition) is 2. The Kier molecular flexibility index (Phi) is 9.64. The van der Waals surface area contributed by atoms with Crippen LogP contribution in [0.3, 0.4) is 0 Å². The SMILES string of the molecule is CN=C(NCCC1CCN(C)CC1)NCCC(C)N(C)Cc1ccccc1. The number of nitrogens with one attached hydrogen (secondary N) is 2. The van der Waals surface area contributed by atoms with Gasteiger partial charge in [0.2, 0.25) is 0 Å². The topological polar surface area (TPSA) is 42.9 Å². The lowest BCUT2D eigenvalue weighted by molar-refractivity contribution is 0.213. The number of guanidine groups is 1. The molecule has 0 aliphatic carbocycles. The van der Waals surface area contributed by atoms with E-state index in [2.05, 4.69) is 76.8 Å². The first-order chi connectivity index (χ1) is 13.1. The van der Waals surface area contributed by atoms with Gasteiger partial charge in [-0.3, -0.25) is 9.89 Å². The smallest absolute Gasteiger partial charge is 0.190 e. The largest absolute Gasteiger partial charge is 0.356 e. The van der Waals surface area contributed by atoms with Gasteiger partial charge in [-0.1, -0.05) is 30.3 Å². The standard InChI is InChI=1S/C22H39N5/c1-19(27(4)18-21-8-6-5-7-9-21)10-14-24-22(23-2)25-15-11-20-12-16-26(3)17-13-20/h5-9,19-20H,10-18H2,1-4H3,(H2,23,24,25). The molecule has 0 saturated carbocycles. The van der Waals surface area contributed by atoms with Crippen LogP contribution in [0.25, 0.3) is 0 Å². The Morgan fingerprint density at radius 2 is 1.85 bits per heavy atom. The molecule has 5 nitrogen and oxygen atoms in total. The summed E-state index contributed by atoms with van der Waals surface area (Å²) in [4.78, 5) is 9.21. The van der Waals surface area contributed by atoms with Crippen molar-refractivity contribution in [2.45, 2.75) is 45.2 Å². The number of likely N-dealkylation sites (tertiary alicyclic amines) is 1. The normalized spacial score (nSPS) is 17.9. The van der Waals surface area contributed by atoms with E-state index in [1.54, 1.807) is 0 Å². The summed E-state index contributed by atoms with van der Waals surface area (Å²) in [5, 5.41) is 6.95.